The molecule has 0 aliphatic carbocycles. The summed E-state index contributed by atoms with van der Waals surface area (Å²) in [7, 11) is 0. The van der Waals surface area contributed by atoms with E-state index in [0.29, 0.717) is 5.69 Å². The molecule has 1 atom stereocenters. The molecule has 0 saturated carbocycles. The summed E-state index contributed by atoms with van der Waals surface area (Å²) in [6.07, 6.45) is -0.567. The second kappa shape index (κ2) is 8.29. The number of benzene rings is 1. The van der Waals surface area contributed by atoms with E-state index in [1.54, 1.807) is 6.07 Å². The molecule has 0 spiro atoms. The van der Waals surface area contributed by atoms with Crippen molar-refractivity contribution in [2.75, 3.05) is 11.9 Å². The Labute approximate surface area is 144 Å². The van der Waals surface area contributed by atoms with E-state index in [0.717, 1.165) is 5.56 Å². The minimum Gasteiger partial charge on any atom is -0.392 e. The first-order valence-corrected chi connectivity index (χ1v) is 8.42. The molecule has 3 N–H and O–H groups in total. The van der Waals surface area contributed by atoms with E-state index in [1.807, 2.05) is 59.7 Å². The van der Waals surface area contributed by atoms with E-state index in [4.69, 9.17) is 0 Å². The summed E-state index contributed by atoms with van der Waals surface area (Å²) in [5, 5.41) is 15.5. The van der Waals surface area contributed by atoms with Gasteiger partial charge in [-0.25, -0.2) is 0 Å². The summed E-state index contributed by atoms with van der Waals surface area (Å²) in [5.74, 6) is -1.08. The minimum atomic E-state index is -0.697. The van der Waals surface area contributed by atoms with Crippen molar-refractivity contribution >= 4 is 17.5 Å². The number of carbonyl (C=O) groups excluding carboxylic acids is 2. The predicted molar refractivity (Wildman–Crippen MR) is 96.8 cm³/mol. The summed E-state index contributed by atoms with van der Waals surface area (Å²) >= 11 is 0. The van der Waals surface area contributed by atoms with Crippen molar-refractivity contribution in [1.29, 1.82) is 0 Å². The van der Waals surface area contributed by atoms with Gasteiger partial charge in [0.05, 0.1) is 6.10 Å². The Morgan fingerprint density at radius 3 is 2.21 bits per heavy atom. The zero-order valence-electron chi connectivity index (χ0n) is 15.5. The number of hydrogen-bond donors (Lipinski definition) is 3. The smallest absolute Gasteiger partial charge is 0.313 e. The maximum absolute atomic E-state index is 12.1. The second-order valence-corrected chi connectivity index (χ2v) is 7.56. The number of carbonyl (C=O) groups is 2. The van der Waals surface area contributed by atoms with Gasteiger partial charge in [0.1, 0.15) is 0 Å². The Bertz CT molecular complexity index is 580. The first-order chi connectivity index (χ1) is 11.1. The van der Waals surface area contributed by atoms with Gasteiger partial charge < -0.3 is 15.7 Å². The van der Waals surface area contributed by atoms with Gasteiger partial charge in [0.15, 0.2) is 0 Å². The van der Waals surface area contributed by atoms with Gasteiger partial charge in [-0.2, -0.15) is 0 Å². The molecule has 0 heterocycles. The topological polar surface area (TPSA) is 78.4 Å². The van der Waals surface area contributed by atoms with E-state index in [9.17, 15) is 14.7 Å². The van der Waals surface area contributed by atoms with Gasteiger partial charge in [0, 0.05) is 17.6 Å². The number of aliphatic hydroxyl groups excluding tert-OH is 1. The first kappa shape index (κ1) is 20.2. The highest BCUT2D eigenvalue weighted by Crippen LogP contribution is 2.25. The maximum atomic E-state index is 12.1. The molecule has 0 aliphatic rings. The first-order valence-electron chi connectivity index (χ1n) is 8.42. The molecule has 134 valence electrons. The van der Waals surface area contributed by atoms with Crippen LogP contribution in [-0.4, -0.2) is 29.6 Å². The summed E-state index contributed by atoms with van der Waals surface area (Å²) < 4.78 is 0. The van der Waals surface area contributed by atoms with Crippen LogP contribution in [0.1, 0.15) is 53.0 Å². The second-order valence-electron chi connectivity index (χ2n) is 7.56. The van der Waals surface area contributed by atoms with Crippen LogP contribution in [0.5, 0.6) is 0 Å². The lowest BCUT2D eigenvalue weighted by atomic mass is 9.81. The number of amides is 2. The number of hydrogen-bond acceptors (Lipinski definition) is 3. The van der Waals surface area contributed by atoms with Crippen molar-refractivity contribution in [3.8, 4) is 0 Å². The molecular formula is C19H30N2O3. The molecule has 1 unspecified atom stereocenters. The van der Waals surface area contributed by atoms with Crippen LogP contribution >= 0.6 is 0 Å². The zero-order chi connectivity index (χ0) is 18.5. The molecule has 1 aromatic carbocycles. The van der Waals surface area contributed by atoms with Crippen molar-refractivity contribution in [3.63, 3.8) is 0 Å². The molecule has 5 heteroatoms. The average Bonchev–Trinajstić information content (AvgIpc) is 2.51. The Hall–Kier alpha value is -1.88. The highest BCUT2D eigenvalue weighted by molar-refractivity contribution is 6.39. The summed E-state index contributed by atoms with van der Waals surface area (Å²) in [6, 6.07) is 7.44. The summed E-state index contributed by atoms with van der Waals surface area (Å²) in [4.78, 5) is 24.2. The summed E-state index contributed by atoms with van der Waals surface area (Å²) in [5.41, 5.74) is 1.11. The normalized spacial score (nSPS) is 13.0. The molecule has 0 radical (unpaired) electrons. The number of anilines is 1. The molecule has 1 aromatic rings. The van der Waals surface area contributed by atoms with E-state index in [-0.39, 0.29) is 18.4 Å². The average molecular weight is 334 g/mol. The maximum Gasteiger partial charge on any atom is 0.313 e. The third kappa shape index (κ3) is 5.34. The van der Waals surface area contributed by atoms with Gasteiger partial charge in [-0.3, -0.25) is 9.59 Å². The Morgan fingerprint density at radius 2 is 1.67 bits per heavy atom. The van der Waals surface area contributed by atoms with Crippen molar-refractivity contribution in [3.05, 3.63) is 29.8 Å². The van der Waals surface area contributed by atoms with E-state index < -0.39 is 23.3 Å². The van der Waals surface area contributed by atoms with Gasteiger partial charge >= 0.3 is 11.8 Å². The van der Waals surface area contributed by atoms with Gasteiger partial charge in [-0.05, 0) is 23.5 Å². The van der Waals surface area contributed by atoms with Gasteiger partial charge in [0.25, 0.3) is 0 Å². The third-order valence-electron chi connectivity index (χ3n) is 4.17. The molecule has 2 amide bonds. The number of aliphatic hydroxyl groups is 1. The molecule has 24 heavy (non-hydrogen) atoms. The molecule has 0 aromatic heterocycles. The largest absolute Gasteiger partial charge is 0.392 e. The number of nitrogens with one attached hydrogen (secondary N) is 2. The Balaban J connectivity index is 2.68. The van der Waals surface area contributed by atoms with E-state index >= 15 is 0 Å². The predicted octanol–water partition coefficient (Wildman–Crippen LogP) is 2.91. The van der Waals surface area contributed by atoms with Gasteiger partial charge in [0.2, 0.25) is 0 Å². The van der Waals surface area contributed by atoms with Crippen LogP contribution in [0.25, 0.3) is 0 Å². The van der Waals surface area contributed by atoms with Crippen LogP contribution in [-0.2, 0) is 9.59 Å². The van der Waals surface area contributed by atoms with Crippen LogP contribution < -0.4 is 10.6 Å². The fraction of sp³-hybridized carbons (Fsp3) is 0.579. The Kier molecular flexibility index (Phi) is 6.96. The molecule has 0 saturated heterocycles. The van der Waals surface area contributed by atoms with Crippen LogP contribution in [0.15, 0.2) is 24.3 Å². The Morgan fingerprint density at radius 1 is 1.08 bits per heavy atom. The van der Waals surface area contributed by atoms with E-state index in [2.05, 4.69) is 10.6 Å². The minimum absolute atomic E-state index is 0.0728. The summed E-state index contributed by atoms with van der Waals surface area (Å²) in [6.45, 7) is 11.9. The highest BCUT2D eigenvalue weighted by atomic mass is 16.3. The molecule has 0 bridgehead atoms. The van der Waals surface area contributed by atoms with Gasteiger partial charge in [-0.1, -0.05) is 59.7 Å². The lowest BCUT2D eigenvalue weighted by Crippen LogP contribution is -2.46. The monoisotopic (exact) mass is 334 g/mol. The fourth-order valence-corrected chi connectivity index (χ4v) is 2.69. The van der Waals surface area contributed by atoms with Crippen LogP contribution in [0.3, 0.4) is 0 Å². The third-order valence-corrected chi connectivity index (χ3v) is 4.17. The lowest BCUT2D eigenvalue weighted by Gasteiger charge is -2.33. The van der Waals surface area contributed by atoms with E-state index in [1.165, 1.54) is 0 Å². The highest BCUT2D eigenvalue weighted by Gasteiger charge is 2.31. The molecule has 5 nitrogen and oxygen atoms in total. The molecule has 0 aliphatic heterocycles. The van der Waals surface area contributed by atoms with Crippen LogP contribution in [0, 0.1) is 11.3 Å². The standard InChI is InChI=1S/C19H30N2O3/c1-12(2)14-9-7-8-10-15(14)21-18(24)17(23)20-11-19(5,6)16(22)13(3)4/h7-10,12-13,16,22H,11H2,1-6H3,(H,20,23)(H,21,24). The van der Waals surface area contributed by atoms with Crippen LogP contribution in [0.4, 0.5) is 5.69 Å². The number of para-hydroxylation sites is 1. The molecule has 0 fully saturated rings. The van der Waals surface area contributed by atoms with Gasteiger partial charge in [-0.15, -0.1) is 0 Å². The molecule has 1 rings (SSSR count). The van der Waals surface area contributed by atoms with Crippen molar-refractivity contribution < 1.29 is 14.7 Å². The van der Waals surface area contributed by atoms with Crippen LogP contribution in [0.2, 0.25) is 0 Å². The lowest BCUT2D eigenvalue weighted by molar-refractivity contribution is -0.136. The fourth-order valence-electron chi connectivity index (χ4n) is 2.69. The van der Waals surface area contributed by atoms with Crippen molar-refractivity contribution in [2.45, 2.75) is 53.6 Å². The number of rotatable bonds is 6. The zero-order valence-corrected chi connectivity index (χ0v) is 15.5. The quantitative estimate of drug-likeness (QED) is 0.700. The SMILES string of the molecule is CC(C)c1ccccc1NC(=O)C(=O)NCC(C)(C)C(O)C(C)C. The van der Waals surface area contributed by atoms with Crippen molar-refractivity contribution in [2.24, 2.45) is 11.3 Å². The van der Waals surface area contributed by atoms with Crippen molar-refractivity contribution in [1.82, 2.24) is 5.32 Å². The molecular weight excluding hydrogens is 304 g/mol.